The van der Waals surface area contributed by atoms with Crippen LogP contribution in [0.3, 0.4) is 0 Å². The molecule has 0 heterocycles. The van der Waals surface area contributed by atoms with Crippen LogP contribution in [0.5, 0.6) is 0 Å². The van der Waals surface area contributed by atoms with Gasteiger partial charge < -0.3 is 42.6 Å². The highest BCUT2D eigenvalue weighted by molar-refractivity contribution is 5.81. The van der Waals surface area contributed by atoms with Gasteiger partial charge in [-0.05, 0) is 38.8 Å². The number of carbonyl (C=O) groups excluding carboxylic acids is 2. The minimum Gasteiger partial charge on any atom is -0.387 e. The van der Waals surface area contributed by atoms with Crippen molar-refractivity contribution in [1.82, 2.24) is 0 Å². The van der Waals surface area contributed by atoms with E-state index in [0.29, 0.717) is 25.9 Å². The summed E-state index contributed by atoms with van der Waals surface area (Å²) < 4.78 is 11.1. The van der Waals surface area contributed by atoms with E-state index >= 15 is 0 Å². The predicted molar refractivity (Wildman–Crippen MR) is 105 cm³/mol. The Morgan fingerprint density at radius 1 is 0.714 bits per heavy atom. The van der Waals surface area contributed by atoms with Gasteiger partial charge in [-0.1, -0.05) is 25.7 Å². The normalized spacial score (nSPS) is 15.7. The third-order valence-electron chi connectivity index (χ3n) is 4.34. The molecule has 166 valence electrons. The van der Waals surface area contributed by atoms with E-state index in [4.69, 9.17) is 32.4 Å². The fourth-order valence-corrected chi connectivity index (χ4v) is 2.68. The Morgan fingerprint density at radius 2 is 1.18 bits per heavy atom. The smallest absolute Gasteiger partial charge is 0.249 e. The van der Waals surface area contributed by atoms with Gasteiger partial charge in [0.2, 0.25) is 11.8 Å². The van der Waals surface area contributed by atoms with Crippen LogP contribution in [0.2, 0.25) is 0 Å². The summed E-state index contributed by atoms with van der Waals surface area (Å²) in [6.45, 7) is 1.63. The van der Waals surface area contributed by atoms with Crippen molar-refractivity contribution in [3.8, 4) is 0 Å². The molecule has 4 atom stereocenters. The van der Waals surface area contributed by atoms with Crippen molar-refractivity contribution in [2.45, 2.75) is 75.8 Å². The monoisotopic (exact) mass is 406 g/mol. The molecule has 2 amide bonds. The van der Waals surface area contributed by atoms with Crippen LogP contribution >= 0.6 is 0 Å². The maximum absolute atomic E-state index is 11.9. The second-order valence-electron chi connectivity index (χ2n) is 6.77. The van der Waals surface area contributed by atoms with E-state index in [-0.39, 0.29) is 13.2 Å². The van der Waals surface area contributed by atoms with E-state index < -0.39 is 36.2 Å². The Bertz CT molecular complexity index is 427. The molecule has 0 aromatic rings. The van der Waals surface area contributed by atoms with Crippen molar-refractivity contribution in [3.05, 3.63) is 0 Å². The summed E-state index contributed by atoms with van der Waals surface area (Å²) in [7, 11) is 0. The Morgan fingerprint density at radius 3 is 1.61 bits per heavy atom. The first-order valence-corrected chi connectivity index (χ1v) is 9.94. The maximum Gasteiger partial charge on any atom is 0.249 e. The minimum absolute atomic E-state index is 0.196. The lowest BCUT2D eigenvalue weighted by molar-refractivity contribution is -0.169. The van der Waals surface area contributed by atoms with Crippen molar-refractivity contribution in [3.63, 3.8) is 0 Å². The van der Waals surface area contributed by atoms with Gasteiger partial charge in [0.15, 0.2) is 12.2 Å². The number of nitrogens with two attached hydrogens (primary N) is 4. The number of primary amides is 2. The molecule has 10 heteroatoms. The summed E-state index contributed by atoms with van der Waals surface area (Å²) in [6.07, 6.45) is 0.424. The molecule has 0 saturated carbocycles. The molecule has 0 bridgehead atoms. The Balaban J connectivity index is 4.82. The fourth-order valence-electron chi connectivity index (χ4n) is 2.68. The van der Waals surface area contributed by atoms with Gasteiger partial charge >= 0.3 is 0 Å². The summed E-state index contributed by atoms with van der Waals surface area (Å²) in [5, 5.41) is 20.1. The SMILES string of the molecule is NCCCCCCO[C@@H]([C@@H](O)[C@H](O)C(N)=O)[C@@H](OCCCCCCN)C(N)=O. The van der Waals surface area contributed by atoms with Crippen molar-refractivity contribution < 1.29 is 29.3 Å². The molecule has 10 N–H and O–H groups in total. The van der Waals surface area contributed by atoms with Crippen LogP contribution in [-0.4, -0.2) is 72.7 Å². The van der Waals surface area contributed by atoms with Crippen molar-refractivity contribution in [2.24, 2.45) is 22.9 Å². The lowest BCUT2D eigenvalue weighted by atomic mass is 10.0. The minimum atomic E-state index is -1.91. The summed E-state index contributed by atoms with van der Waals surface area (Å²) >= 11 is 0. The number of ether oxygens (including phenoxy) is 2. The van der Waals surface area contributed by atoms with Crippen molar-refractivity contribution in [1.29, 1.82) is 0 Å². The molecule has 0 fully saturated rings. The second-order valence-corrected chi connectivity index (χ2v) is 6.77. The van der Waals surface area contributed by atoms with Crippen LogP contribution in [-0.2, 0) is 19.1 Å². The molecule has 0 aromatic heterocycles. The van der Waals surface area contributed by atoms with E-state index in [1.165, 1.54) is 0 Å². The first-order valence-electron chi connectivity index (χ1n) is 9.94. The zero-order valence-corrected chi connectivity index (χ0v) is 16.6. The Labute approximate surface area is 166 Å². The molecule has 0 aliphatic rings. The summed E-state index contributed by atoms with van der Waals surface area (Å²) in [5.41, 5.74) is 21.3. The molecule has 0 rings (SSSR count). The molecule has 0 aromatic carbocycles. The number of carbonyl (C=O) groups is 2. The van der Waals surface area contributed by atoms with Gasteiger partial charge in [0.25, 0.3) is 0 Å². The van der Waals surface area contributed by atoms with Gasteiger partial charge in [0.1, 0.15) is 12.2 Å². The number of hydrogen-bond acceptors (Lipinski definition) is 8. The van der Waals surface area contributed by atoms with E-state index in [2.05, 4.69) is 0 Å². The molecule has 0 unspecified atom stereocenters. The van der Waals surface area contributed by atoms with Gasteiger partial charge in [0, 0.05) is 13.2 Å². The largest absolute Gasteiger partial charge is 0.387 e. The van der Waals surface area contributed by atoms with Gasteiger partial charge in [-0.15, -0.1) is 0 Å². The van der Waals surface area contributed by atoms with E-state index in [1.54, 1.807) is 0 Å². The van der Waals surface area contributed by atoms with Gasteiger partial charge in [-0.3, -0.25) is 9.59 Å². The van der Waals surface area contributed by atoms with Gasteiger partial charge in [-0.25, -0.2) is 0 Å². The highest BCUT2D eigenvalue weighted by Gasteiger charge is 2.39. The van der Waals surface area contributed by atoms with Crippen molar-refractivity contribution >= 4 is 11.8 Å². The van der Waals surface area contributed by atoms with E-state index in [1.807, 2.05) is 0 Å². The molecule has 28 heavy (non-hydrogen) atoms. The molecule has 0 aliphatic carbocycles. The third-order valence-corrected chi connectivity index (χ3v) is 4.34. The maximum atomic E-state index is 11.9. The number of unbranched alkanes of at least 4 members (excludes halogenated alkanes) is 6. The number of aliphatic hydroxyl groups is 2. The number of amides is 2. The summed E-state index contributed by atoms with van der Waals surface area (Å²) in [5.74, 6) is -1.99. The zero-order chi connectivity index (χ0) is 21.4. The van der Waals surface area contributed by atoms with Crippen LogP contribution in [0.25, 0.3) is 0 Å². The number of rotatable bonds is 19. The van der Waals surface area contributed by atoms with Crippen LogP contribution in [0.4, 0.5) is 0 Å². The standard InChI is InChI=1S/C18H38N4O6/c19-9-5-1-3-7-11-27-15(13(23)14(24)17(21)25)16(18(22)26)28-12-8-4-2-6-10-20/h13-16,23-24H,1-12,19-20H2,(H2,21,25)(H2,22,26)/t13-,14-,15-,16+/m0/s1. The lowest BCUT2D eigenvalue weighted by Gasteiger charge is -2.30. The average molecular weight is 407 g/mol. The first-order chi connectivity index (χ1) is 13.4. The highest BCUT2D eigenvalue weighted by Crippen LogP contribution is 2.15. The number of aliphatic hydroxyl groups excluding tert-OH is 2. The third kappa shape index (κ3) is 11.5. The van der Waals surface area contributed by atoms with Crippen LogP contribution < -0.4 is 22.9 Å². The van der Waals surface area contributed by atoms with Crippen molar-refractivity contribution in [2.75, 3.05) is 26.3 Å². The Kier molecular flexibility index (Phi) is 15.9. The highest BCUT2D eigenvalue weighted by atomic mass is 16.6. The zero-order valence-electron chi connectivity index (χ0n) is 16.6. The van der Waals surface area contributed by atoms with Crippen LogP contribution in [0.15, 0.2) is 0 Å². The molecular weight excluding hydrogens is 368 g/mol. The summed E-state index contributed by atoms with van der Waals surface area (Å²) in [4.78, 5) is 23.1. The molecule has 0 saturated heterocycles. The molecular formula is C18H38N4O6. The number of hydrogen-bond donors (Lipinski definition) is 6. The Hall–Kier alpha value is -1.30. The van der Waals surface area contributed by atoms with Gasteiger partial charge in [0.05, 0.1) is 0 Å². The average Bonchev–Trinajstić information content (AvgIpc) is 2.66. The molecule has 0 spiro atoms. The fraction of sp³-hybridized carbons (Fsp3) is 0.889. The summed E-state index contributed by atoms with van der Waals surface area (Å²) in [6, 6.07) is 0. The lowest BCUT2D eigenvalue weighted by Crippen LogP contribution is -2.55. The molecule has 10 nitrogen and oxygen atoms in total. The molecule has 0 radical (unpaired) electrons. The molecule has 0 aliphatic heterocycles. The van der Waals surface area contributed by atoms with Gasteiger partial charge in [-0.2, -0.15) is 0 Å². The van der Waals surface area contributed by atoms with E-state index in [0.717, 1.165) is 38.5 Å². The van der Waals surface area contributed by atoms with Crippen LogP contribution in [0.1, 0.15) is 51.4 Å². The van der Waals surface area contributed by atoms with Crippen LogP contribution in [0, 0.1) is 0 Å². The topological polar surface area (TPSA) is 197 Å². The first kappa shape index (κ1) is 26.7. The predicted octanol–water partition coefficient (Wildman–Crippen LogP) is -1.51. The van der Waals surface area contributed by atoms with E-state index in [9.17, 15) is 19.8 Å². The second kappa shape index (κ2) is 16.6. The quantitative estimate of drug-likeness (QED) is 0.139.